The quantitative estimate of drug-likeness (QED) is 0.594. The van der Waals surface area contributed by atoms with Gasteiger partial charge in [-0.15, -0.1) is 0 Å². The van der Waals surface area contributed by atoms with Gasteiger partial charge in [0.1, 0.15) is 5.75 Å². The predicted octanol–water partition coefficient (Wildman–Crippen LogP) is 3.61. The van der Waals surface area contributed by atoms with E-state index in [2.05, 4.69) is 9.44 Å². The standard InChI is InChI=1S/C20H20N2O5S2/c1-15-6-10-19(11-7-15)28(23,24)21-16-8-12-20(13-9-16)29(25,26)22-17-4-3-5-18(14-17)27-2/h3-14,21-22H,1-2H3. The number of ether oxygens (including phenoxy) is 1. The van der Waals surface area contributed by atoms with Gasteiger partial charge in [-0.2, -0.15) is 0 Å². The Bertz CT molecular complexity index is 1200. The molecule has 0 radical (unpaired) electrons. The first kappa shape index (κ1) is 20.7. The zero-order valence-corrected chi connectivity index (χ0v) is 17.4. The van der Waals surface area contributed by atoms with Gasteiger partial charge in [-0.3, -0.25) is 9.44 Å². The largest absolute Gasteiger partial charge is 0.497 e. The third-order valence-corrected chi connectivity index (χ3v) is 6.86. The predicted molar refractivity (Wildman–Crippen MR) is 112 cm³/mol. The van der Waals surface area contributed by atoms with E-state index in [1.807, 2.05) is 6.92 Å². The molecule has 0 heterocycles. The number of aryl methyl sites for hydroxylation is 1. The van der Waals surface area contributed by atoms with E-state index < -0.39 is 20.0 Å². The van der Waals surface area contributed by atoms with Crippen LogP contribution >= 0.6 is 0 Å². The lowest BCUT2D eigenvalue weighted by molar-refractivity contribution is 0.415. The van der Waals surface area contributed by atoms with E-state index in [4.69, 9.17) is 4.74 Å². The van der Waals surface area contributed by atoms with Crippen LogP contribution in [0.2, 0.25) is 0 Å². The minimum absolute atomic E-state index is 0.00129. The van der Waals surface area contributed by atoms with Crippen LogP contribution in [-0.2, 0) is 20.0 Å². The first-order chi connectivity index (χ1) is 13.7. The smallest absolute Gasteiger partial charge is 0.261 e. The monoisotopic (exact) mass is 432 g/mol. The highest BCUT2D eigenvalue weighted by atomic mass is 32.2. The molecule has 3 aromatic carbocycles. The van der Waals surface area contributed by atoms with Gasteiger partial charge in [-0.05, 0) is 55.5 Å². The van der Waals surface area contributed by atoms with Crippen LogP contribution in [-0.4, -0.2) is 23.9 Å². The van der Waals surface area contributed by atoms with Gasteiger partial charge < -0.3 is 4.74 Å². The number of methoxy groups -OCH3 is 1. The van der Waals surface area contributed by atoms with Crippen LogP contribution in [0.25, 0.3) is 0 Å². The lowest BCUT2D eigenvalue weighted by Crippen LogP contribution is -2.14. The summed E-state index contributed by atoms with van der Waals surface area (Å²) in [5.41, 5.74) is 1.56. The van der Waals surface area contributed by atoms with E-state index in [1.54, 1.807) is 36.4 Å². The lowest BCUT2D eigenvalue weighted by Gasteiger charge is -2.11. The Kier molecular flexibility index (Phi) is 5.81. The summed E-state index contributed by atoms with van der Waals surface area (Å²) in [5, 5.41) is 0. The van der Waals surface area contributed by atoms with E-state index >= 15 is 0 Å². The molecule has 0 unspecified atom stereocenters. The summed E-state index contributed by atoms with van der Waals surface area (Å²) in [4.78, 5) is 0.123. The van der Waals surface area contributed by atoms with Crippen LogP contribution in [0, 0.1) is 6.92 Å². The van der Waals surface area contributed by atoms with Crippen LogP contribution in [0.15, 0.2) is 82.6 Å². The minimum atomic E-state index is -3.84. The van der Waals surface area contributed by atoms with Gasteiger partial charge in [-0.25, -0.2) is 16.8 Å². The summed E-state index contributed by atoms with van der Waals surface area (Å²) in [6.45, 7) is 1.86. The highest BCUT2D eigenvalue weighted by Crippen LogP contribution is 2.22. The third kappa shape index (κ3) is 5.07. The SMILES string of the molecule is COc1cccc(NS(=O)(=O)c2ccc(NS(=O)(=O)c3ccc(C)cc3)cc2)c1. The molecular formula is C20H20N2O5S2. The number of sulfonamides is 2. The van der Waals surface area contributed by atoms with Crippen molar-refractivity contribution in [3.05, 3.63) is 78.4 Å². The summed E-state index contributed by atoms with van der Waals surface area (Å²) >= 11 is 0. The van der Waals surface area contributed by atoms with Crippen molar-refractivity contribution in [2.24, 2.45) is 0 Å². The van der Waals surface area contributed by atoms with Crippen LogP contribution in [0.1, 0.15) is 5.56 Å². The van der Waals surface area contributed by atoms with Crippen molar-refractivity contribution >= 4 is 31.4 Å². The van der Waals surface area contributed by atoms with Gasteiger partial charge in [0.15, 0.2) is 0 Å². The van der Waals surface area contributed by atoms with Crippen LogP contribution < -0.4 is 14.2 Å². The normalized spacial score (nSPS) is 11.7. The van der Waals surface area contributed by atoms with Gasteiger partial charge >= 0.3 is 0 Å². The number of nitrogens with one attached hydrogen (secondary N) is 2. The van der Waals surface area contributed by atoms with E-state index in [1.165, 1.54) is 43.5 Å². The first-order valence-corrected chi connectivity index (χ1v) is 11.5. The molecule has 0 saturated carbocycles. The molecule has 0 spiro atoms. The summed E-state index contributed by atoms with van der Waals surface area (Å²) in [6, 6.07) is 18.4. The van der Waals surface area contributed by atoms with Crippen LogP contribution in [0.5, 0.6) is 5.75 Å². The zero-order valence-electron chi connectivity index (χ0n) is 15.8. The van der Waals surface area contributed by atoms with Crippen molar-refractivity contribution in [2.75, 3.05) is 16.6 Å². The molecule has 2 N–H and O–H groups in total. The van der Waals surface area contributed by atoms with E-state index in [-0.39, 0.29) is 15.5 Å². The first-order valence-electron chi connectivity index (χ1n) is 8.56. The second-order valence-electron chi connectivity index (χ2n) is 6.28. The van der Waals surface area contributed by atoms with Crippen LogP contribution in [0.4, 0.5) is 11.4 Å². The number of anilines is 2. The lowest BCUT2D eigenvalue weighted by atomic mass is 10.2. The number of benzene rings is 3. The molecule has 7 nitrogen and oxygen atoms in total. The second-order valence-corrected chi connectivity index (χ2v) is 9.65. The second kappa shape index (κ2) is 8.14. The summed E-state index contributed by atoms with van der Waals surface area (Å²) < 4.78 is 60.0. The van der Waals surface area contributed by atoms with Crippen molar-refractivity contribution < 1.29 is 21.6 Å². The molecular weight excluding hydrogens is 412 g/mol. The fourth-order valence-electron chi connectivity index (χ4n) is 2.53. The molecule has 0 atom stereocenters. The molecule has 0 aromatic heterocycles. The van der Waals surface area contributed by atoms with Crippen molar-refractivity contribution in [3.8, 4) is 5.75 Å². The van der Waals surface area contributed by atoms with Gasteiger partial charge in [0.05, 0.1) is 22.6 Å². The van der Waals surface area contributed by atoms with Crippen molar-refractivity contribution in [2.45, 2.75) is 16.7 Å². The fraction of sp³-hybridized carbons (Fsp3) is 0.100. The highest BCUT2D eigenvalue weighted by Gasteiger charge is 2.17. The molecule has 0 bridgehead atoms. The number of hydrogen-bond acceptors (Lipinski definition) is 5. The maximum atomic E-state index is 12.6. The molecule has 29 heavy (non-hydrogen) atoms. The molecule has 0 aliphatic rings. The summed E-state index contributed by atoms with van der Waals surface area (Å²) in [7, 11) is -6.11. The Hall–Kier alpha value is -3.04. The van der Waals surface area contributed by atoms with E-state index in [9.17, 15) is 16.8 Å². The average molecular weight is 433 g/mol. The molecule has 9 heteroatoms. The van der Waals surface area contributed by atoms with E-state index in [0.29, 0.717) is 11.4 Å². The van der Waals surface area contributed by atoms with Crippen molar-refractivity contribution in [1.29, 1.82) is 0 Å². The van der Waals surface area contributed by atoms with E-state index in [0.717, 1.165) is 5.56 Å². The molecule has 0 aliphatic carbocycles. The summed E-state index contributed by atoms with van der Waals surface area (Å²) in [5.74, 6) is 0.520. The van der Waals surface area contributed by atoms with Crippen molar-refractivity contribution in [1.82, 2.24) is 0 Å². The maximum absolute atomic E-state index is 12.6. The van der Waals surface area contributed by atoms with Crippen molar-refractivity contribution in [3.63, 3.8) is 0 Å². The van der Waals surface area contributed by atoms with Gasteiger partial charge in [-0.1, -0.05) is 23.8 Å². The Balaban J connectivity index is 1.77. The molecule has 0 aliphatic heterocycles. The van der Waals surface area contributed by atoms with Crippen LogP contribution in [0.3, 0.4) is 0 Å². The Morgan fingerprint density at radius 3 is 1.76 bits per heavy atom. The number of rotatable bonds is 7. The highest BCUT2D eigenvalue weighted by molar-refractivity contribution is 7.93. The molecule has 3 aromatic rings. The Labute approximate surface area is 170 Å². The zero-order chi connectivity index (χ0) is 21.1. The summed E-state index contributed by atoms with van der Waals surface area (Å²) in [6.07, 6.45) is 0. The fourth-order valence-corrected chi connectivity index (χ4v) is 4.64. The van der Waals surface area contributed by atoms with Gasteiger partial charge in [0, 0.05) is 11.8 Å². The Morgan fingerprint density at radius 2 is 1.21 bits per heavy atom. The Morgan fingerprint density at radius 1 is 0.690 bits per heavy atom. The molecule has 0 fully saturated rings. The number of hydrogen-bond donors (Lipinski definition) is 2. The maximum Gasteiger partial charge on any atom is 0.261 e. The third-order valence-electron chi connectivity index (χ3n) is 4.07. The molecule has 152 valence electrons. The minimum Gasteiger partial charge on any atom is -0.497 e. The average Bonchev–Trinajstić information content (AvgIpc) is 2.68. The molecule has 0 saturated heterocycles. The topological polar surface area (TPSA) is 102 Å². The van der Waals surface area contributed by atoms with Gasteiger partial charge in [0.2, 0.25) is 0 Å². The molecule has 3 rings (SSSR count). The molecule has 0 amide bonds. The van der Waals surface area contributed by atoms with Gasteiger partial charge in [0.25, 0.3) is 20.0 Å².